The quantitative estimate of drug-likeness (QED) is 0.696. The summed E-state index contributed by atoms with van der Waals surface area (Å²) in [6.07, 6.45) is 1.60. The van der Waals surface area contributed by atoms with Gasteiger partial charge in [-0.25, -0.2) is 4.98 Å². The number of primary amides is 1. The van der Waals surface area contributed by atoms with E-state index in [1.54, 1.807) is 42.5 Å². The lowest BCUT2D eigenvalue weighted by Crippen LogP contribution is -2.27. The summed E-state index contributed by atoms with van der Waals surface area (Å²) in [5.74, 6) is -0.712. The monoisotopic (exact) mass is 350 g/mol. The minimum Gasteiger partial charge on any atom is -0.366 e. The van der Waals surface area contributed by atoms with Crippen LogP contribution in [0.15, 0.2) is 59.7 Å². The second-order valence-electron chi connectivity index (χ2n) is 5.85. The minimum atomic E-state index is -0.513. The number of nitrogens with zero attached hydrogens (tertiary/aromatic N) is 2. The zero-order chi connectivity index (χ0) is 18.5. The Morgan fingerprint density at radius 3 is 2.73 bits per heavy atom. The summed E-state index contributed by atoms with van der Waals surface area (Å²) in [5, 5.41) is 3.29. The van der Waals surface area contributed by atoms with E-state index in [9.17, 15) is 14.4 Å². The van der Waals surface area contributed by atoms with E-state index in [4.69, 9.17) is 5.73 Å². The first-order chi connectivity index (χ1) is 12.5. The molecule has 26 heavy (non-hydrogen) atoms. The van der Waals surface area contributed by atoms with Gasteiger partial charge in [0.2, 0.25) is 11.8 Å². The van der Waals surface area contributed by atoms with Crippen LogP contribution in [0.4, 0.5) is 0 Å². The van der Waals surface area contributed by atoms with Gasteiger partial charge in [-0.05, 0) is 29.8 Å². The maximum atomic E-state index is 12.4. The van der Waals surface area contributed by atoms with Crippen molar-refractivity contribution in [1.82, 2.24) is 14.9 Å². The standard InChI is InChI=1S/C19H18N4O3/c20-18(25)14-5-3-4-13(10-14)11-21-17(24)8-9-23-12-22-16-7-2-1-6-15(16)19(23)26/h1-7,10,12H,8-9,11H2,(H2,20,25)(H,21,24). The highest BCUT2D eigenvalue weighted by atomic mass is 16.2. The van der Waals surface area contributed by atoms with Crippen LogP contribution in [0, 0.1) is 0 Å². The van der Waals surface area contributed by atoms with Crippen molar-refractivity contribution >= 4 is 22.7 Å². The molecule has 3 rings (SSSR count). The summed E-state index contributed by atoms with van der Waals surface area (Å²) in [6, 6.07) is 13.9. The number of hydrogen-bond acceptors (Lipinski definition) is 4. The fourth-order valence-electron chi connectivity index (χ4n) is 2.61. The van der Waals surface area contributed by atoms with Gasteiger partial charge in [0.1, 0.15) is 0 Å². The lowest BCUT2D eigenvalue weighted by atomic mass is 10.1. The fourth-order valence-corrected chi connectivity index (χ4v) is 2.61. The van der Waals surface area contributed by atoms with Crippen LogP contribution in [0.3, 0.4) is 0 Å². The highest BCUT2D eigenvalue weighted by Gasteiger charge is 2.07. The van der Waals surface area contributed by atoms with Crippen LogP contribution in [0.2, 0.25) is 0 Å². The summed E-state index contributed by atoms with van der Waals surface area (Å²) < 4.78 is 1.43. The fraction of sp³-hybridized carbons (Fsp3) is 0.158. The average Bonchev–Trinajstić information content (AvgIpc) is 2.66. The largest absolute Gasteiger partial charge is 0.366 e. The third-order valence-corrected chi connectivity index (χ3v) is 4.01. The topological polar surface area (TPSA) is 107 Å². The average molecular weight is 350 g/mol. The second kappa shape index (κ2) is 7.60. The number of nitrogens with two attached hydrogens (primary N) is 1. The van der Waals surface area contributed by atoms with Crippen LogP contribution in [0.5, 0.6) is 0 Å². The van der Waals surface area contributed by atoms with Crippen molar-refractivity contribution in [2.24, 2.45) is 5.73 Å². The molecule has 1 heterocycles. The van der Waals surface area contributed by atoms with Gasteiger partial charge in [0, 0.05) is 25.1 Å². The first-order valence-electron chi connectivity index (χ1n) is 8.14. The number of carbonyl (C=O) groups excluding carboxylic acids is 2. The number of para-hydroxylation sites is 1. The Kier molecular flexibility index (Phi) is 5.07. The van der Waals surface area contributed by atoms with E-state index >= 15 is 0 Å². The van der Waals surface area contributed by atoms with Crippen molar-refractivity contribution in [1.29, 1.82) is 0 Å². The molecule has 0 aliphatic heterocycles. The molecule has 3 aromatic rings. The molecule has 0 unspecified atom stereocenters. The Labute approximate surface area is 149 Å². The van der Waals surface area contributed by atoms with Gasteiger partial charge in [-0.3, -0.25) is 19.0 Å². The number of benzene rings is 2. The van der Waals surface area contributed by atoms with Crippen molar-refractivity contribution in [2.45, 2.75) is 19.5 Å². The van der Waals surface area contributed by atoms with Crippen LogP contribution in [0.1, 0.15) is 22.3 Å². The number of fused-ring (bicyclic) bond motifs is 1. The zero-order valence-corrected chi connectivity index (χ0v) is 14.0. The molecule has 1 aromatic heterocycles. The van der Waals surface area contributed by atoms with Crippen molar-refractivity contribution < 1.29 is 9.59 Å². The number of hydrogen-bond donors (Lipinski definition) is 2. The first-order valence-corrected chi connectivity index (χ1v) is 8.14. The van der Waals surface area contributed by atoms with E-state index in [1.165, 1.54) is 10.9 Å². The van der Waals surface area contributed by atoms with Gasteiger partial charge in [0.15, 0.2) is 0 Å². The Morgan fingerprint density at radius 2 is 1.92 bits per heavy atom. The highest BCUT2D eigenvalue weighted by Crippen LogP contribution is 2.06. The molecule has 0 aliphatic rings. The van der Waals surface area contributed by atoms with E-state index in [0.29, 0.717) is 16.5 Å². The summed E-state index contributed by atoms with van der Waals surface area (Å²) in [5.41, 5.74) is 6.87. The number of nitrogens with one attached hydrogen (secondary N) is 1. The Balaban J connectivity index is 1.59. The van der Waals surface area contributed by atoms with Crippen LogP contribution < -0.4 is 16.6 Å². The number of amides is 2. The maximum absolute atomic E-state index is 12.4. The van der Waals surface area contributed by atoms with Gasteiger partial charge in [-0.1, -0.05) is 24.3 Å². The van der Waals surface area contributed by atoms with Crippen LogP contribution in [0.25, 0.3) is 10.9 Å². The van der Waals surface area contributed by atoms with Crippen molar-refractivity contribution in [3.05, 3.63) is 76.3 Å². The van der Waals surface area contributed by atoms with Gasteiger partial charge >= 0.3 is 0 Å². The molecule has 0 atom stereocenters. The maximum Gasteiger partial charge on any atom is 0.261 e. The lowest BCUT2D eigenvalue weighted by Gasteiger charge is -2.08. The van der Waals surface area contributed by atoms with Gasteiger partial charge in [0.25, 0.3) is 5.56 Å². The molecule has 0 radical (unpaired) electrons. The molecule has 132 valence electrons. The van der Waals surface area contributed by atoms with Crippen molar-refractivity contribution in [3.63, 3.8) is 0 Å². The Morgan fingerprint density at radius 1 is 1.12 bits per heavy atom. The first kappa shape index (κ1) is 17.3. The molecule has 7 nitrogen and oxygen atoms in total. The third-order valence-electron chi connectivity index (χ3n) is 4.01. The number of aryl methyl sites for hydroxylation is 1. The zero-order valence-electron chi connectivity index (χ0n) is 14.0. The molecule has 0 aliphatic carbocycles. The Bertz CT molecular complexity index is 1030. The van der Waals surface area contributed by atoms with E-state index in [-0.39, 0.29) is 31.0 Å². The predicted molar refractivity (Wildman–Crippen MR) is 97.4 cm³/mol. The molecule has 7 heteroatoms. The van der Waals surface area contributed by atoms with E-state index in [1.807, 2.05) is 6.07 Å². The van der Waals surface area contributed by atoms with Gasteiger partial charge in [-0.15, -0.1) is 0 Å². The van der Waals surface area contributed by atoms with Gasteiger partial charge in [0.05, 0.1) is 17.2 Å². The Hall–Kier alpha value is -3.48. The SMILES string of the molecule is NC(=O)c1cccc(CNC(=O)CCn2cnc3ccccc3c2=O)c1. The van der Waals surface area contributed by atoms with Crippen molar-refractivity contribution in [3.8, 4) is 0 Å². The smallest absolute Gasteiger partial charge is 0.261 e. The molecule has 0 saturated carbocycles. The molecule has 0 fully saturated rings. The summed E-state index contributed by atoms with van der Waals surface area (Å²) >= 11 is 0. The predicted octanol–water partition coefficient (Wildman–Crippen LogP) is 1.20. The van der Waals surface area contributed by atoms with E-state index in [0.717, 1.165) is 5.56 Å². The minimum absolute atomic E-state index is 0.148. The van der Waals surface area contributed by atoms with Gasteiger partial charge in [-0.2, -0.15) is 0 Å². The van der Waals surface area contributed by atoms with Crippen molar-refractivity contribution in [2.75, 3.05) is 0 Å². The van der Waals surface area contributed by atoms with Crippen LogP contribution in [-0.4, -0.2) is 21.4 Å². The third kappa shape index (κ3) is 3.94. The van der Waals surface area contributed by atoms with Crippen LogP contribution in [-0.2, 0) is 17.9 Å². The molecule has 0 saturated heterocycles. The summed E-state index contributed by atoms with van der Waals surface area (Å²) in [7, 11) is 0. The molecule has 2 amide bonds. The van der Waals surface area contributed by atoms with E-state index in [2.05, 4.69) is 10.3 Å². The molecule has 0 spiro atoms. The summed E-state index contributed by atoms with van der Waals surface area (Å²) in [6.45, 7) is 0.522. The lowest BCUT2D eigenvalue weighted by molar-refractivity contribution is -0.121. The number of carbonyl (C=O) groups is 2. The van der Waals surface area contributed by atoms with E-state index < -0.39 is 5.91 Å². The normalized spacial score (nSPS) is 10.6. The molecule has 3 N–H and O–H groups in total. The summed E-state index contributed by atoms with van der Waals surface area (Å²) in [4.78, 5) is 39.8. The molecule has 2 aromatic carbocycles. The number of aromatic nitrogens is 2. The molecule has 0 bridgehead atoms. The second-order valence-corrected chi connectivity index (χ2v) is 5.85. The van der Waals surface area contributed by atoms with Gasteiger partial charge < -0.3 is 11.1 Å². The highest BCUT2D eigenvalue weighted by molar-refractivity contribution is 5.92. The number of rotatable bonds is 6. The molecular formula is C19H18N4O3. The molecular weight excluding hydrogens is 332 g/mol. The van der Waals surface area contributed by atoms with Crippen LogP contribution >= 0.6 is 0 Å².